The van der Waals surface area contributed by atoms with Crippen LogP contribution in [0.1, 0.15) is 64.0 Å². The third-order valence-corrected chi connectivity index (χ3v) is 4.62. The van der Waals surface area contributed by atoms with Gasteiger partial charge in [-0.25, -0.2) is 0 Å². The molecule has 24 heavy (non-hydrogen) atoms. The molecule has 2 aromatic rings. The van der Waals surface area contributed by atoms with E-state index in [1.165, 1.54) is 62.4 Å². The van der Waals surface area contributed by atoms with E-state index in [1.54, 1.807) is 14.2 Å². The molecule has 0 amide bonds. The molecule has 0 aliphatic carbocycles. The highest BCUT2D eigenvalue weighted by molar-refractivity contribution is 5.87. The lowest BCUT2D eigenvalue weighted by Gasteiger charge is -2.11. The number of hydrogen-bond donors (Lipinski definition) is 0. The van der Waals surface area contributed by atoms with E-state index in [0.29, 0.717) is 0 Å². The summed E-state index contributed by atoms with van der Waals surface area (Å²) in [4.78, 5) is 4.60. The third kappa shape index (κ3) is 5.12. The monoisotopic (exact) mass is 329 g/mol. The van der Waals surface area contributed by atoms with E-state index in [-0.39, 0.29) is 0 Å². The molecule has 0 unspecified atom stereocenters. The number of nitrogens with zero attached hydrogens (tertiary/aromatic N) is 1. The number of fused-ring (bicyclic) bond motifs is 1. The third-order valence-electron chi connectivity index (χ3n) is 4.62. The van der Waals surface area contributed by atoms with Crippen LogP contribution in [0.5, 0.6) is 11.5 Å². The second-order valence-corrected chi connectivity index (χ2v) is 6.41. The summed E-state index contributed by atoms with van der Waals surface area (Å²) in [6, 6.07) is 6.13. The van der Waals surface area contributed by atoms with Crippen molar-refractivity contribution < 1.29 is 9.47 Å². The molecule has 2 rings (SSSR count). The molecule has 132 valence electrons. The molecule has 0 radical (unpaired) electrons. The Bertz CT molecular complexity index is 625. The number of benzene rings is 1. The van der Waals surface area contributed by atoms with Crippen LogP contribution in [-0.4, -0.2) is 19.2 Å². The molecule has 0 bridgehead atoms. The van der Waals surface area contributed by atoms with Gasteiger partial charge in [-0.3, -0.25) is 4.98 Å². The normalized spacial score (nSPS) is 11.0. The molecule has 1 heterocycles. The average Bonchev–Trinajstić information content (AvgIpc) is 2.62. The fourth-order valence-electron chi connectivity index (χ4n) is 3.19. The van der Waals surface area contributed by atoms with Crippen molar-refractivity contribution in [3.8, 4) is 11.5 Å². The van der Waals surface area contributed by atoms with Crippen LogP contribution in [0.4, 0.5) is 0 Å². The van der Waals surface area contributed by atoms with Crippen molar-refractivity contribution >= 4 is 10.8 Å². The number of pyridine rings is 1. The highest BCUT2D eigenvalue weighted by Crippen LogP contribution is 2.33. The Morgan fingerprint density at radius 1 is 0.833 bits per heavy atom. The first-order chi connectivity index (χ1) is 11.8. The highest BCUT2D eigenvalue weighted by atomic mass is 16.5. The van der Waals surface area contributed by atoms with Gasteiger partial charge in [-0.2, -0.15) is 0 Å². The minimum atomic E-state index is 0.772. The molecule has 1 aromatic carbocycles. The Morgan fingerprint density at radius 2 is 1.46 bits per heavy atom. The Labute approximate surface area is 146 Å². The Hall–Kier alpha value is -1.77. The lowest BCUT2D eigenvalue weighted by atomic mass is 10.0. The molecule has 0 aliphatic rings. The summed E-state index contributed by atoms with van der Waals surface area (Å²) in [6.07, 6.45) is 13.6. The maximum absolute atomic E-state index is 5.44. The predicted molar refractivity (Wildman–Crippen MR) is 101 cm³/mol. The first kappa shape index (κ1) is 18.6. The van der Waals surface area contributed by atoms with Gasteiger partial charge in [-0.15, -0.1) is 0 Å². The number of unbranched alkanes of at least 4 members (excludes halogenated alkanes) is 7. The minimum absolute atomic E-state index is 0.772. The molecule has 0 aliphatic heterocycles. The molecular weight excluding hydrogens is 298 g/mol. The molecule has 0 spiro atoms. The zero-order valence-corrected chi connectivity index (χ0v) is 15.4. The standard InChI is InChI=1S/C21H31NO2/c1-4-5-6-7-8-9-10-11-12-19-18-16-21(24-3)20(23-2)15-17(18)13-14-22-19/h13-16H,4-12H2,1-3H3. The molecule has 0 saturated heterocycles. The van der Waals surface area contributed by atoms with Crippen LogP contribution in [0.3, 0.4) is 0 Å². The van der Waals surface area contributed by atoms with Crippen LogP contribution < -0.4 is 9.47 Å². The first-order valence-electron chi connectivity index (χ1n) is 9.29. The van der Waals surface area contributed by atoms with Gasteiger partial charge in [0, 0.05) is 17.3 Å². The molecule has 3 heteroatoms. The number of aryl methyl sites for hydroxylation is 1. The van der Waals surface area contributed by atoms with Crippen molar-refractivity contribution in [1.29, 1.82) is 0 Å². The summed E-state index contributed by atoms with van der Waals surface area (Å²) in [5.41, 5.74) is 1.17. The van der Waals surface area contributed by atoms with Gasteiger partial charge in [-0.05, 0) is 36.4 Å². The zero-order chi connectivity index (χ0) is 17.2. The largest absolute Gasteiger partial charge is 0.493 e. The van der Waals surface area contributed by atoms with Crippen LogP contribution >= 0.6 is 0 Å². The minimum Gasteiger partial charge on any atom is -0.493 e. The molecule has 0 atom stereocenters. The van der Waals surface area contributed by atoms with E-state index in [4.69, 9.17) is 9.47 Å². The summed E-state index contributed by atoms with van der Waals surface area (Å²) in [5, 5.41) is 2.34. The molecule has 0 fully saturated rings. The lowest BCUT2D eigenvalue weighted by Crippen LogP contribution is -1.95. The molecule has 0 saturated carbocycles. The van der Waals surface area contributed by atoms with Crippen LogP contribution in [0.25, 0.3) is 10.8 Å². The first-order valence-corrected chi connectivity index (χ1v) is 9.29. The topological polar surface area (TPSA) is 31.4 Å². The smallest absolute Gasteiger partial charge is 0.161 e. The summed E-state index contributed by atoms with van der Waals surface area (Å²) in [5.74, 6) is 1.55. The van der Waals surface area contributed by atoms with Crippen molar-refractivity contribution in [3.63, 3.8) is 0 Å². The van der Waals surface area contributed by atoms with E-state index >= 15 is 0 Å². The van der Waals surface area contributed by atoms with Gasteiger partial charge in [0.15, 0.2) is 11.5 Å². The average molecular weight is 329 g/mol. The van der Waals surface area contributed by atoms with Gasteiger partial charge in [0.05, 0.1) is 14.2 Å². The summed E-state index contributed by atoms with van der Waals surface area (Å²) < 4.78 is 10.8. The van der Waals surface area contributed by atoms with Crippen molar-refractivity contribution in [2.75, 3.05) is 14.2 Å². The van der Waals surface area contributed by atoms with Crippen LogP contribution in [0.2, 0.25) is 0 Å². The van der Waals surface area contributed by atoms with Crippen LogP contribution in [0.15, 0.2) is 24.4 Å². The molecular formula is C21H31NO2. The molecule has 3 nitrogen and oxygen atoms in total. The van der Waals surface area contributed by atoms with Gasteiger partial charge in [0.1, 0.15) is 0 Å². The van der Waals surface area contributed by atoms with Gasteiger partial charge < -0.3 is 9.47 Å². The Kier molecular flexibility index (Phi) is 7.87. The van der Waals surface area contributed by atoms with Gasteiger partial charge in [0.2, 0.25) is 0 Å². The fraction of sp³-hybridized carbons (Fsp3) is 0.571. The summed E-state index contributed by atoms with van der Waals surface area (Å²) >= 11 is 0. The van der Waals surface area contributed by atoms with Crippen molar-refractivity contribution in [2.45, 2.75) is 64.7 Å². The van der Waals surface area contributed by atoms with Crippen molar-refractivity contribution in [2.24, 2.45) is 0 Å². The van der Waals surface area contributed by atoms with E-state index in [1.807, 2.05) is 18.3 Å². The van der Waals surface area contributed by atoms with Crippen LogP contribution in [-0.2, 0) is 6.42 Å². The fourth-order valence-corrected chi connectivity index (χ4v) is 3.19. The maximum Gasteiger partial charge on any atom is 0.161 e. The highest BCUT2D eigenvalue weighted by Gasteiger charge is 2.09. The lowest BCUT2D eigenvalue weighted by molar-refractivity contribution is 0.356. The summed E-state index contributed by atoms with van der Waals surface area (Å²) in [6.45, 7) is 2.27. The summed E-state index contributed by atoms with van der Waals surface area (Å²) in [7, 11) is 3.35. The Morgan fingerprint density at radius 3 is 2.12 bits per heavy atom. The molecule has 1 aromatic heterocycles. The number of rotatable bonds is 11. The molecule has 0 N–H and O–H groups in total. The van der Waals surface area contributed by atoms with E-state index in [9.17, 15) is 0 Å². The second kappa shape index (κ2) is 10.2. The van der Waals surface area contributed by atoms with Crippen molar-refractivity contribution in [1.82, 2.24) is 4.98 Å². The maximum atomic E-state index is 5.44. The second-order valence-electron chi connectivity index (χ2n) is 6.41. The quantitative estimate of drug-likeness (QED) is 0.478. The number of methoxy groups -OCH3 is 2. The number of ether oxygens (including phenoxy) is 2. The SMILES string of the molecule is CCCCCCCCCCc1nccc2cc(OC)c(OC)cc12. The van der Waals surface area contributed by atoms with Gasteiger partial charge in [0.25, 0.3) is 0 Å². The number of aromatic nitrogens is 1. The van der Waals surface area contributed by atoms with Crippen molar-refractivity contribution in [3.05, 3.63) is 30.1 Å². The van der Waals surface area contributed by atoms with Gasteiger partial charge in [-0.1, -0.05) is 51.9 Å². The number of hydrogen-bond acceptors (Lipinski definition) is 3. The van der Waals surface area contributed by atoms with Gasteiger partial charge >= 0.3 is 0 Å². The Balaban J connectivity index is 1.92. The van der Waals surface area contributed by atoms with E-state index < -0.39 is 0 Å². The zero-order valence-electron chi connectivity index (χ0n) is 15.4. The van der Waals surface area contributed by atoms with Crippen LogP contribution in [0, 0.1) is 0 Å². The van der Waals surface area contributed by atoms with E-state index in [0.717, 1.165) is 23.3 Å². The predicted octanol–water partition coefficient (Wildman–Crippen LogP) is 5.94. The van der Waals surface area contributed by atoms with E-state index in [2.05, 4.69) is 18.0 Å².